The molecule has 1 saturated carbocycles. The van der Waals surface area contributed by atoms with Crippen molar-refractivity contribution in [2.24, 2.45) is 5.41 Å². The van der Waals surface area contributed by atoms with Gasteiger partial charge in [-0.3, -0.25) is 4.79 Å². The molecule has 4 nitrogen and oxygen atoms in total. The van der Waals surface area contributed by atoms with Gasteiger partial charge >= 0.3 is 11.9 Å². The van der Waals surface area contributed by atoms with Gasteiger partial charge in [-0.1, -0.05) is 6.58 Å². The summed E-state index contributed by atoms with van der Waals surface area (Å²) in [6, 6.07) is 0. The highest BCUT2D eigenvalue weighted by Gasteiger charge is 2.56. The van der Waals surface area contributed by atoms with E-state index in [2.05, 4.69) is 6.58 Å². The van der Waals surface area contributed by atoms with Crippen molar-refractivity contribution in [1.29, 1.82) is 0 Å². The fourth-order valence-corrected chi connectivity index (χ4v) is 1.44. The number of esters is 2. The molecule has 0 heterocycles. The molecule has 4 heteroatoms. The van der Waals surface area contributed by atoms with E-state index in [0.717, 1.165) is 0 Å². The van der Waals surface area contributed by atoms with E-state index < -0.39 is 11.4 Å². The maximum absolute atomic E-state index is 11.6. The Kier molecular flexibility index (Phi) is 3.50. The van der Waals surface area contributed by atoms with Crippen LogP contribution in [0.2, 0.25) is 0 Å². The summed E-state index contributed by atoms with van der Waals surface area (Å²) in [5.74, 6) is -0.855. The van der Waals surface area contributed by atoms with Crippen LogP contribution in [0.3, 0.4) is 0 Å². The molecule has 0 aliphatic heterocycles. The minimum atomic E-state index is -0.789. The number of carbonyl (C=O) groups is 2. The molecule has 0 unspecified atom stereocenters. The van der Waals surface area contributed by atoms with Crippen molar-refractivity contribution in [3.8, 4) is 0 Å². The fraction of sp³-hybridized carbons (Fsp3) is 0.636. The number of rotatable bonds is 5. The Bertz CT molecular complexity index is 289. The zero-order valence-electron chi connectivity index (χ0n) is 9.17. The van der Waals surface area contributed by atoms with Crippen molar-refractivity contribution >= 4 is 11.9 Å². The molecule has 1 aliphatic rings. The van der Waals surface area contributed by atoms with Gasteiger partial charge in [0, 0.05) is 5.57 Å². The molecule has 0 N–H and O–H groups in total. The normalized spacial score (nSPS) is 16.7. The molecule has 0 atom stereocenters. The summed E-state index contributed by atoms with van der Waals surface area (Å²) in [6.07, 6.45) is 1.26. The maximum atomic E-state index is 11.6. The third-order valence-corrected chi connectivity index (χ3v) is 2.52. The summed E-state index contributed by atoms with van der Waals surface area (Å²) in [5.41, 5.74) is -0.565. The quantitative estimate of drug-likeness (QED) is 0.511. The van der Waals surface area contributed by atoms with Crippen LogP contribution in [0.5, 0.6) is 0 Å². The predicted molar refractivity (Wildman–Crippen MR) is 54.1 cm³/mol. The van der Waals surface area contributed by atoms with E-state index in [0.29, 0.717) is 19.4 Å². The first-order valence-corrected chi connectivity index (χ1v) is 5.12. The fourth-order valence-electron chi connectivity index (χ4n) is 1.44. The Labute approximate surface area is 89.2 Å². The monoisotopic (exact) mass is 212 g/mol. The van der Waals surface area contributed by atoms with Gasteiger partial charge in [-0.15, -0.1) is 0 Å². The molecule has 1 fully saturated rings. The van der Waals surface area contributed by atoms with Gasteiger partial charge in [0.25, 0.3) is 0 Å². The van der Waals surface area contributed by atoms with Gasteiger partial charge in [-0.2, -0.15) is 0 Å². The van der Waals surface area contributed by atoms with Gasteiger partial charge in [0.2, 0.25) is 0 Å². The largest absolute Gasteiger partial charge is 0.465 e. The molecule has 0 aromatic carbocycles. The molecule has 1 rings (SSSR count). The average molecular weight is 212 g/mol. The van der Waals surface area contributed by atoms with E-state index in [1.54, 1.807) is 13.8 Å². The van der Waals surface area contributed by atoms with E-state index in [1.165, 1.54) is 0 Å². The minimum Gasteiger partial charge on any atom is -0.465 e. The summed E-state index contributed by atoms with van der Waals surface area (Å²) in [6.45, 7) is 7.69. The molecule has 0 aromatic rings. The van der Waals surface area contributed by atoms with Gasteiger partial charge in [0.15, 0.2) is 0 Å². The zero-order valence-corrected chi connectivity index (χ0v) is 9.17. The van der Waals surface area contributed by atoms with Gasteiger partial charge < -0.3 is 9.47 Å². The lowest BCUT2D eigenvalue weighted by Crippen LogP contribution is -2.26. The molecule has 0 saturated heterocycles. The molecular weight excluding hydrogens is 196 g/mol. The molecule has 0 bridgehead atoms. The van der Waals surface area contributed by atoms with Crippen molar-refractivity contribution in [1.82, 2.24) is 0 Å². The molecule has 0 radical (unpaired) electrons. The maximum Gasteiger partial charge on any atom is 0.334 e. The van der Waals surface area contributed by atoms with Gasteiger partial charge in [-0.05, 0) is 26.7 Å². The Morgan fingerprint density at radius 2 is 1.73 bits per heavy atom. The molecule has 1 aliphatic carbocycles. The number of carbonyl (C=O) groups excluding carboxylic acids is 2. The smallest absolute Gasteiger partial charge is 0.334 e. The van der Waals surface area contributed by atoms with Crippen molar-refractivity contribution in [2.75, 3.05) is 13.2 Å². The van der Waals surface area contributed by atoms with E-state index >= 15 is 0 Å². The number of hydrogen-bond acceptors (Lipinski definition) is 4. The predicted octanol–water partition coefficient (Wildman–Crippen LogP) is 1.45. The Morgan fingerprint density at radius 1 is 1.20 bits per heavy atom. The summed E-state index contributed by atoms with van der Waals surface area (Å²) >= 11 is 0. The van der Waals surface area contributed by atoms with Crippen LogP contribution in [0.15, 0.2) is 12.2 Å². The average Bonchev–Trinajstić information content (AvgIpc) is 2.98. The summed E-state index contributed by atoms with van der Waals surface area (Å²) in [5, 5.41) is 0. The van der Waals surface area contributed by atoms with Crippen LogP contribution < -0.4 is 0 Å². The second-order valence-electron chi connectivity index (χ2n) is 3.50. The molecule has 0 spiro atoms. The molecule has 15 heavy (non-hydrogen) atoms. The van der Waals surface area contributed by atoms with Crippen molar-refractivity contribution < 1.29 is 19.1 Å². The minimum absolute atomic E-state index is 0.225. The Balaban J connectivity index is 2.66. The summed E-state index contributed by atoms with van der Waals surface area (Å²) in [7, 11) is 0. The first kappa shape index (κ1) is 11.8. The topological polar surface area (TPSA) is 52.6 Å². The highest BCUT2D eigenvalue weighted by Crippen LogP contribution is 2.52. The second-order valence-corrected chi connectivity index (χ2v) is 3.50. The summed E-state index contributed by atoms with van der Waals surface area (Å²) < 4.78 is 9.72. The van der Waals surface area contributed by atoms with Crippen LogP contribution in [-0.2, 0) is 19.1 Å². The first-order chi connectivity index (χ1) is 7.08. The lowest BCUT2D eigenvalue weighted by atomic mass is 9.97. The second kappa shape index (κ2) is 4.47. The molecule has 84 valence electrons. The highest BCUT2D eigenvalue weighted by molar-refractivity contribution is 5.99. The van der Waals surface area contributed by atoms with Gasteiger partial charge in [-0.25, -0.2) is 4.79 Å². The van der Waals surface area contributed by atoms with E-state index in [4.69, 9.17) is 9.47 Å². The number of ether oxygens (including phenoxy) is 2. The molecular formula is C11H16O4. The van der Waals surface area contributed by atoms with Gasteiger partial charge in [0.1, 0.15) is 0 Å². The SMILES string of the molecule is C=C(C(=O)OCC)C1(C(=O)OCC)CC1. The summed E-state index contributed by atoms with van der Waals surface area (Å²) in [4.78, 5) is 23.0. The van der Waals surface area contributed by atoms with Crippen molar-refractivity contribution in [3.05, 3.63) is 12.2 Å². The van der Waals surface area contributed by atoms with Crippen molar-refractivity contribution in [3.63, 3.8) is 0 Å². The van der Waals surface area contributed by atoms with Crippen LogP contribution in [0.25, 0.3) is 0 Å². The Hall–Kier alpha value is -1.32. The van der Waals surface area contributed by atoms with Crippen molar-refractivity contribution in [2.45, 2.75) is 26.7 Å². The van der Waals surface area contributed by atoms with E-state index in [1.807, 2.05) is 0 Å². The highest BCUT2D eigenvalue weighted by atomic mass is 16.5. The van der Waals surface area contributed by atoms with Crippen LogP contribution >= 0.6 is 0 Å². The van der Waals surface area contributed by atoms with E-state index in [9.17, 15) is 9.59 Å². The zero-order chi connectivity index (χ0) is 11.5. The van der Waals surface area contributed by atoms with Crippen LogP contribution in [0.4, 0.5) is 0 Å². The van der Waals surface area contributed by atoms with Gasteiger partial charge in [0.05, 0.1) is 18.6 Å². The lowest BCUT2D eigenvalue weighted by molar-refractivity contribution is -0.151. The van der Waals surface area contributed by atoms with Crippen LogP contribution in [0.1, 0.15) is 26.7 Å². The standard InChI is InChI=1S/C11H16O4/c1-4-14-9(12)8(3)11(6-7-11)10(13)15-5-2/h3-7H2,1-2H3. The Morgan fingerprint density at radius 3 is 2.13 bits per heavy atom. The first-order valence-electron chi connectivity index (χ1n) is 5.12. The molecule has 0 amide bonds. The third-order valence-electron chi connectivity index (χ3n) is 2.52. The van der Waals surface area contributed by atoms with Crippen LogP contribution in [0, 0.1) is 5.41 Å². The third kappa shape index (κ3) is 2.19. The van der Waals surface area contributed by atoms with E-state index in [-0.39, 0.29) is 18.1 Å². The molecule has 0 aromatic heterocycles. The lowest BCUT2D eigenvalue weighted by Gasteiger charge is -2.15. The van der Waals surface area contributed by atoms with Crippen LogP contribution in [-0.4, -0.2) is 25.2 Å². The number of hydrogen-bond donors (Lipinski definition) is 0.